The molecular weight excluding hydrogens is 685 g/mol. The van der Waals surface area contributed by atoms with Crippen molar-refractivity contribution in [2.24, 2.45) is 34.5 Å². The maximum Gasteiger partial charge on any atom is 0.350 e. The molecule has 1 aromatic carbocycles. The summed E-state index contributed by atoms with van der Waals surface area (Å²) in [7, 11) is -3.09. The first kappa shape index (κ1) is 42.5. The number of carbonyl (C=O) groups excluding carboxylic acids is 2. The molecule has 1 aliphatic heterocycles. The predicted molar refractivity (Wildman–Crippen MR) is 216 cm³/mol. The third-order valence-electron chi connectivity index (χ3n) is 11.7. The number of hydrogen-bond donors (Lipinski definition) is 0. The Balaban J connectivity index is 1.73. The molecule has 0 bridgehead atoms. The van der Waals surface area contributed by atoms with Gasteiger partial charge in [-0.3, -0.25) is 0 Å². The number of cyclic esters (lactones) is 1. The number of para-hydroxylation sites is 1. The Morgan fingerprint density at radius 1 is 0.981 bits per heavy atom. The zero-order valence-electron chi connectivity index (χ0n) is 34.8. The van der Waals surface area contributed by atoms with Crippen LogP contribution in [0.4, 0.5) is 0 Å². The van der Waals surface area contributed by atoms with Gasteiger partial charge in [0.15, 0.2) is 18.1 Å². The lowest BCUT2D eigenvalue weighted by Gasteiger charge is -2.54. The van der Waals surface area contributed by atoms with E-state index in [1.54, 1.807) is 0 Å². The van der Waals surface area contributed by atoms with Crippen molar-refractivity contribution < 1.29 is 32.7 Å². The number of fused-ring (bicyclic) bond motifs is 1. The number of hydrogen-bond acceptors (Lipinski definition) is 7. The van der Waals surface area contributed by atoms with E-state index < -0.39 is 41.5 Å². The highest BCUT2D eigenvalue weighted by Gasteiger charge is 2.56. The van der Waals surface area contributed by atoms with Gasteiger partial charge in [0.2, 0.25) is 5.60 Å². The molecule has 0 saturated carbocycles. The van der Waals surface area contributed by atoms with Gasteiger partial charge in [-0.1, -0.05) is 98.2 Å². The lowest BCUT2D eigenvalue weighted by Crippen LogP contribution is -2.58. The molecule has 292 valence electrons. The molecule has 2 aliphatic carbocycles. The molecule has 0 radical (unpaired) electrons. The normalized spacial score (nSPS) is 30.7. The molecule has 9 heteroatoms. The molecule has 0 amide bonds. The molecule has 0 aromatic heterocycles. The van der Waals surface area contributed by atoms with Crippen LogP contribution in [0.25, 0.3) is 0 Å². The monoisotopic (exact) mass is 754 g/mol. The van der Waals surface area contributed by atoms with Crippen molar-refractivity contribution in [3.8, 4) is 5.75 Å². The van der Waals surface area contributed by atoms with Gasteiger partial charge in [0.25, 0.3) is 0 Å². The molecule has 7 nitrogen and oxygen atoms in total. The van der Waals surface area contributed by atoms with Gasteiger partial charge in [-0.2, -0.15) is 0 Å². The second-order valence-corrected chi connectivity index (χ2v) is 23.5. The van der Waals surface area contributed by atoms with Gasteiger partial charge in [0.05, 0.1) is 5.60 Å². The van der Waals surface area contributed by atoms with Crippen molar-refractivity contribution in [2.75, 3.05) is 0 Å². The van der Waals surface area contributed by atoms with Gasteiger partial charge in [-0.15, -0.1) is 0 Å². The largest absolute Gasteiger partial charge is 0.476 e. The smallest absolute Gasteiger partial charge is 0.350 e. The van der Waals surface area contributed by atoms with Crippen molar-refractivity contribution in [2.45, 2.75) is 163 Å². The summed E-state index contributed by atoms with van der Waals surface area (Å²) in [5.74, 6) is 0.283. The van der Waals surface area contributed by atoms with Crippen molar-refractivity contribution in [1.29, 1.82) is 0 Å². The van der Waals surface area contributed by atoms with Gasteiger partial charge in [0.1, 0.15) is 24.1 Å². The SMILES string of the molecule is CCCC(C)(Oc1ccccc1C)C(=O)O[C@H]1C[C@H](C(C)(C)C)C=C2C=C[C@H](C)[C@](CC[C@@H]3C[C@H](C(C)(C)C)C(O[SiH](C)C)C(=O)O3)(O[SiH](C)C)[C@H]21. The Morgan fingerprint density at radius 2 is 1.65 bits per heavy atom. The highest BCUT2D eigenvalue weighted by atomic mass is 28.3. The molecule has 3 aliphatic rings. The molecule has 1 heterocycles. The Hall–Kier alpha value is -2.21. The van der Waals surface area contributed by atoms with E-state index >= 15 is 0 Å². The lowest BCUT2D eigenvalue weighted by molar-refractivity contribution is -0.182. The van der Waals surface area contributed by atoms with Crippen LogP contribution in [0.5, 0.6) is 5.75 Å². The fourth-order valence-corrected chi connectivity index (χ4v) is 11.0. The van der Waals surface area contributed by atoms with Crippen molar-refractivity contribution in [3.05, 3.63) is 53.6 Å². The van der Waals surface area contributed by atoms with E-state index in [1.165, 1.54) is 5.57 Å². The Labute approximate surface area is 319 Å². The van der Waals surface area contributed by atoms with E-state index in [4.69, 9.17) is 23.1 Å². The van der Waals surface area contributed by atoms with Crippen molar-refractivity contribution in [1.82, 2.24) is 0 Å². The maximum atomic E-state index is 14.6. The standard InChI is InChI=1S/C43H70O7Si2/c1-15-23-42(10,48-34-19-17-16-18-28(34)2)39(45)47-35-26-31(40(4,5)6)25-30-21-20-29(3)43(36(30)35,50-52(13)14)24-22-32-27-33(41(7,8)9)37(38(44)46-32)49-51(11)12/h16-21,25,29,31-33,35-37,51-52H,15,22-24,26-27H2,1-14H3/t29-,31+,32+,33-,35-,36+,37?,42?,43-/m0/s1. The third-order valence-corrected chi connectivity index (χ3v) is 13.4. The van der Waals surface area contributed by atoms with Crippen LogP contribution in [0.3, 0.4) is 0 Å². The highest BCUT2D eigenvalue weighted by Crippen LogP contribution is 2.53. The van der Waals surface area contributed by atoms with E-state index in [0.717, 1.165) is 18.4 Å². The van der Waals surface area contributed by atoms with Crippen LogP contribution in [0.15, 0.2) is 48.1 Å². The summed E-state index contributed by atoms with van der Waals surface area (Å²) in [4.78, 5) is 28.1. The molecule has 9 atom stereocenters. The molecule has 2 unspecified atom stereocenters. The second kappa shape index (κ2) is 16.7. The van der Waals surface area contributed by atoms with Crippen LogP contribution in [-0.4, -0.2) is 59.5 Å². The van der Waals surface area contributed by atoms with Crippen LogP contribution in [0, 0.1) is 41.4 Å². The van der Waals surface area contributed by atoms with Gasteiger partial charge < -0.3 is 23.1 Å². The molecule has 1 aromatic rings. The summed E-state index contributed by atoms with van der Waals surface area (Å²) >= 11 is 0. The summed E-state index contributed by atoms with van der Waals surface area (Å²) in [6, 6.07) is 7.85. The fourth-order valence-electron chi connectivity index (χ4n) is 8.76. The number of rotatable bonds is 13. The zero-order valence-corrected chi connectivity index (χ0v) is 37.1. The van der Waals surface area contributed by atoms with Crippen molar-refractivity contribution in [3.63, 3.8) is 0 Å². The molecule has 0 N–H and O–H groups in total. The fraction of sp³-hybridized carbons (Fsp3) is 0.721. The van der Waals surface area contributed by atoms with Gasteiger partial charge in [0, 0.05) is 17.8 Å². The molecule has 1 fully saturated rings. The van der Waals surface area contributed by atoms with E-state index in [2.05, 4.69) is 99.8 Å². The predicted octanol–water partition coefficient (Wildman–Crippen LogP) is 9.52. The van der Waals surface area contributed by atoms with Gasteiger partial charge in [-0.05, 0) is 106 Å². The average Bonchev–Trinajstić information content (AvgIpc) is 3.02. The quantitative estimate of drug-likeness (QED) is 0.147. The first-order valence-electron chi connectivity index (χ1n) is 20.0. The molecular formula is C43H70O7Si2. The Bertz CT molecular complexity index is 1460. The molecule has 1 saturated heterocycles. The van der Waals surface area contributed by atoms with Crippen molar-refractivity contribution >= 4 is 30.0 Å². The number of benzene rings is 1. The van der Waals surface area contributed by atoms with Crippen LogP contribution in [0.2, 0.25) is 26.2 Å². The van der Waals surface area contributed by atoms with Crippen LogP contribution in [0.1, 0.15) is 106 Å². The summed E-state index contributed by atoms with van der Waals surface area (Å²) in [5, 5.41) is 0. The van der Waals surface area contributed by atoms with E-state index in [9.17, 15) is 9.59 Å². The Morgan fingerprint density at radius 3 is 2.23 bits per heavy atom. The number of carbonyl (C=O) groups is 2. The average molecular weight is 755 g/mol. The highest BCUT2D eigenvalue weighted by molar-refractivity contribution is 6.49. The summed E-state index contributed by atoms with van der Waals surface area (Å²) in [6.45, 7) is 30.2. The maximum absolute atomic E-state index is 14.6. The van der Waals surface area contributed by atoms with Crippen LogP contribution >= 0.6 is 0 Å². The summed E-state index contributed by atoms with van der Waals surface area (Å²) in [5.41, 5.74) is 0.233. The Kier molecular flexibility index (Phi) is 13.6. The molecule has 4 rings (SSSR count). The minimum atomic E-state index is -1.63. The third kappa shape index (κ3) is 9.71. The first-order chi connectivity index (χ1) is 24.1. The minimum absolute atomic E-state index is 0.0318. The number of aryl methyl sites for hydroxylation is 1. The molecule has 0 spiro atoms. The van der Waals surface area contributed by atoms with Gasteiger partial charge >= 0.3 is 11.9 Å². The topological polar surface area (TPSA) is 80.3 Å². The number of ether oxygens (including phenoxy) is 3. The zero-order chi connectivity index (χ0) is 38.8. The van der Waals surface area contributed by atoms with Crippen LogP contribution in [-0.2, 0) is 27.9 Å². The summed E-state index contributed by atoms with van der Waals surface area (Å²) in [6.07, 6.45) is 9.89. The number of allylic oxidation sites excluding steroid dienone is 2. The number of esters is 2. The molecule has 52 heavy (non-hydrogen) atoms. The van der Waals surface area contributed by atoms with E-state index in [-0.39, 0.29) is 52.5 Å². The lowest BCUT2D eigenvalue weighted by atomic mass is 9.59. The van der Waals surface area contributed by atoms with E-state index in [0.29, 0.717) is 31.4 Å². The second-order valence-electron chi connectivity index (χ2n) is 18.8. The minimum Gasteiger partial charge on any atom is -0.476 e. The van der Waals surface area contributed by atoms with Crippen LogP contribution < -0.4 is 4.74 Å². The van der Waals surface area contributed by atoms with E-state index in [1.807, 2.05) is 38.1 Å². The summed E-state index contributed by atoms with van der Waals surface area (Å²) < 4.78 is 33.2. The van der Waals surface area contributed by atoms with Gasteiger partial charge in [-0.25, -0.2) is 9.59 Å². The first-order valence-corrected chi connectivity index (χ1v) is 25.6.